The molecule has 0 bridgehead atoms. The monoisotopic (exact) mass is 1110 g/mol. The zero-order valence-electron chi connectivity index (χ0n) is 41.6. The van der Waals surface area contributed by atoms with Gasteiger partial charge in [0.2, 0.25) is 10.7 Å². The van der Waals surface area contributed by atoms with Crippen molar-refractivity contribution in [2.75, 3.05) is 87.2 Å². The van der Waals surface area contributed by atoms with E-state index in [1.165, 1.54) is 33.5 Å². The molecule has 2 aliphatic heterocycles. The van der Waals surface area contributed by atoms with Crippen LogP contribution in [0.4, 0.5) is 21.5 Å². The molecule has 0 saturated heterocycles. The first-order valence-electron chi connectivity index (χ1n) is 21.7. The molecule has 3 heterocycles. The van der Waals surface area contributed by atoms with Gasteiger partial charge < -0.3 is 43.3 Å². The third-order valence-corrected chi connectivity index (χ3v) is 11.4. The number of nitrogens with one attached hydrogen (secondary N) is 1. The number of hydrogen-bond acceptors (Lipinski definition) is 12. The molecule has 2 aromatic carbocycles. The van der Waals surface area contributed by atoms with Crippen LogP contribution < -0.4 is 29.5 Å². The van der Waals surface area contributed by atoms with Crippen LogP contribution in [0.1, 0.15) is 44.6 Å². The molecule has 3 amide bonds. The number of fused-ring (bicyclic) bond motifs is 2. The minimum atomic E-state index is -4.35. The Morgan fingerprint density at radius 1 is 1.23 bits per heavy atom. The summed E-state index contributed by atoms with van der Waals surface area (Å²) in [4.78, 5) is 71.9. The first-order chi connectivity index (χ1) is 33.2. The Balaban J connectivity index is 0.000000493. The van der Waals surface area contributed by atoms with E-state index in [2.05, 4.69) is 74.0 Å². The summed E-state index contributed by atoms with van der Waals surface area (Å²) in [6.07, 6.45) is 16.2. The molecule has 0 aliphatic carbocycles. The average molecular weight is 1110 g/mol. The van der Waals surface area contributed by atoms with Crippen molar-refractivity contribution in [2.24, 2.45) is 10.4 Å². The molecule has 2 atom stereocenters. The second-order valence-electron chi connectivity index (χ2n) is 16.8. The first-order valence-corrected chi connectivity index (χ1v) is 28.1. The van der Waals surface area contributed by atoms with Crippen LogP contribution in [0.25, 0.3) is 0 Å². The van der Waals surface area contributed by atoms with Crippen LogP contribution in [-0.4, -0.2) is 136 Å². The zero-order chi connectivity index (χ0) is 54.2. The highest BCUT2D eigenvalue weighted by atomic mass is 35.5. The Labute approximate surface area is 438 Å². The number of carbonyl (C=O) groups excluding carboxylic acids is 3. The SMILES string of the molecule is C#CCN1C(=O)COc2cc(F)c(N=c3snc4n3CC(C)(C)C4)cc21.C=CCN(CC=C)C(=O)C(Cl)Cl.CCc1cccc(C)c1N(C(=O)CCl)C(C)COC.C[S+](C)C.O=C(O)CNCP(=O)([O-])O. The van der Waals surface area contributed by atoms with Crippen molar-refractivity contribution in [2.45, 2.75) is 64.9 Å². The van der Waals surface area contributed by atoms with E-state index < -0.39 is 37.0 Å². The predicted octanol–water partition coefficient (Wildman–Crippen LogP) is 6.07. The lowest BCUT2D eigenvalue weighted by molar-refractivity contribution is -0.193. The molecule has 2 aliphatic rings. The van der Waals surface area contributed by atoms with Crippen LogP contribution in [0, 0.1) is 30.5 Å². The summed E-state index contributed by atoms with van der Waals surface area (Å²) in [5.74, 6) is 1.32. The normalized spacial score (nSPS) is 14.4. The van der Waals surface area contributed by atoms with E-state index in [0.717, 1.165) is 42.0 Å². The molecule has 71 heavy (non-hydrogen) atoms. The number of ether oxygens (including phenoxy) is 2. The number of alkyl halides is 3. The van der Waals surface area contributed by atoms with Gasteiger partial charge in [0, 0.05) is 50.8 Å². The number of nitrogens with zero attached hydrogens (tertiary/aromatic N) is 6. The van der Waals surface area contributed by atoms with Gasteiger partial charge in [-0.15, -0.1) is 31.2 Å². The molecule has 2 unspecified atom stereocenters. The minimum Gasteiger partial charge on any atom is -0.778 e. The fourth-order valence-corrected chi connectivity index (χ4v) is 8.13. The van der Waals surface area contributed by atoms with Crippen LogP contribution in [0.5, 0.6) is 5.75 Å². The summed E-state index contributed by atoms with van der Waals surface area (Å²) in [7, 11) is -2.07. The van der Waals surface area contributed by atoms with Crippen molar-refractivity contribution in [3.05, 3.63) is 83.2 Å². The number of terminal acetylenes is 1. The number of carbonyl (C=O) groups is 4. The summed E-state index contributed by atoms with van der Waals surface area (Å²) >= 11 is 17.8. The van der Waals surface area contributed by atoms with Crippen LogP contribution in [0.3, 0.4) is 0 Å². The van der Waals surface area contributed by atoms with Gasteiger partial charge in [0.15, 0.2) is 17.3 Å². The average Bonchev–Trinajstić information content (AvgIpc) is 3.79. The topological polar surface area (TPSA) is 219 Å². The number of hydrogen-bond donors (Lipinski definition) is 3. The minimum absolute atomic E-state index is 0.0223. The maximum absolute atomic E-state index is 14.5. The lowest BCUT2D eigenvalue weighted by atomic mass is 9.92. The number of aliphatic carboxylic acids is 1. The van der Waals surface area contributed by atoms with E-state index in [-0.39, 0.29) is 53.9 Å². The van der Waals surface area contributed by atoms with Crippen molar-refractivity contribution in [1.82, 2.24) is 19.2 Å². The number of rotatable bonds is 17. The molecule has 3 N–H and O–H groups in total. The van der Waals surface area contributed by atoms with Crippen molar-refractivity contribution < 1.29 is 52.5 Å². The van der Waals surface area contributed by atoms with Crippen LogP contribution in [0.15, 0.2) is 60.6 Å². The number of carboxylic acids is 1. The van der Waals surface area contributed by atoms with Crippen LogP contribution in [0.2, 0.25) is 0 Å². The number of halogens is 4. The maximum Gasteiger partial charge on any atom is 0.317 e. The highest BCUT2D eigenvalue weighted by molar-refractivity contribution is 7.94. The van der Waals surface area contributed by atoms with Gasteiger partial charge >= 0.3 is 5.97 Å². The van der Waals surface area contributed by atoms with Gasteiger partial charge in [-0.25, -0.2) is 9.38 Å². The third kappa shape index (κ3) is 22.6. The number of methoxy groups -OCH3 is 1. The standard InChI is InChI=1S/C18H17FN4O2S.C15H22ClNO2.C8H11Cl2NO.C3H8NO5P.C3H9S/c1-4-5-22-13-7-12(11(19)6-14(13)25-9-16(22)24)20-17-23-10-18(2,3)8-15(23)21-26-17;1-5-13-8-6-7-11(2)15(13)17(14(18)9-16)12(3)10-19-4;1-3-5-11(6-4-2)8(12)7(9)10;5-3(6)1-4-2-10(7,8)9;1-4(2)3/h1,6-7H,5,8-10H2,2-3H3;6-8,12H,5,9-10H2,1-4H3;3-4,7H,1-2,5-6H2;4H,1-2H2,(H,5,6)(H2,7,8,9);1-3H3/q;;;;+1/p-1. The first kappa shape index (κ1) is 64.8. The van der Waals surface area contributed by atoms with E-state index >= 15 is 0 Å². The Bertz CT molecular complexity index is 2410. The van der Waals surface area contributed by atoms with E-state index in [4.69, 9.17) is 60.7 Å². The molecule has 3 aromatic rings. The van der Waals surface area contributed by atoms with E-state index in [9.17, 15) is 33.0 Å². The van der Waals surface area contributed by atoms with Crippen molar-refractivity contribution in [3.8, 4) is 18.1 Å². The Hall–Kier alpha value is -4.26. The number of aryl methyl sites for hydroxylation is 2. The van der Waals surface area contributed by atoms with E-state index in [1.54, 1.807) is 24.2 Å². The van der Waals surface area contributed by atoms with Gasteiger partial charge in [-0.05, 0) is 53.8 Å². The van der Waals surface area contributed by atoms with Crippen LogP contribution >= 0.6 is 53.9 Å². The predicted molar refractivity (Wildman–Crippen MR) is 284 cm³/mol. The molecular weight excluding hydrogens is 1040 g/mol. The number of anilines is 2. The lowest BCUT2D eigenvalue weighted by Crippen LogP contribution is -2.43. The Morgan fingerprint density at radius 2 is 1.85 bits per heavy atom. The molecule has 5 rings (SSSR count). The molecule has 0 radical (unpaired) electrons. The van der Waals surface area contributed by atoms with Gasteiger partial charge in [-0.1, -0.05) is 80.2 Å². The highest BCUT2D eigenvalue weighted by Crippen LogP contribution is 2.38. The maximum atomic E-state index is 14.5. The van der Waals surface area contributed by atoms with Gasteiger partial charge in [-0.2, -0.15) is 4.37 Å². The van der Waals surface area contributed by atoms with E-state index in [0.29, 0.717) is 46.8 Å². The molecule has 1 aromatic heterocycles. The smallest absolute Gasteiger partial charge is 0.317 e. The van der Waals surface area contributed by atoms with Gasteiger partial charge in [0.25, 0.3) is 11.8 Å². The summed E-state index contributed by atoms with van der Waals surface area (Å²) in [6, 6.07) is 8.80. The van der Waals surface area contributed by atoms with Crippen molar-refractivity contribution in [1.29, 1.82) is 0 Å². The second-order valence-corrected chi connectivity index (χ2v) is 22.9. The zero-order valence-corrected chi connectivity index (χ0v) is 46.4. The van der Waals surface area contributed by atoms with Crippen molar-refractivity contribution >= 4 is 106 Å². The summed E-state index contributed by atoms with van der Waals surface area (Å²) in [5, 5.41) is 9.97. The molecular formula is C47H66Cl3FN7O10PS2. The molecule has 17 nitrogen and oxygen atoms in total. The molecule has 0 fully saturated rings. The third-order valence-electron chi connectivity index (χ3n) is 9.39. The number of carboxylic acid groups (broad SMARTS) is 1. The Morgan fingerprint density at radius 3 is 2.35 bits per heavy atom. The fourth-order valence-electron chi connectivity index (χ4n) is 6.58. The molecule has 0 saturated carbocycles. The quantitative estimate of drug-likeness (QED) is 0.0462. The van der Waals surface area contributed by atoms with Crippen LogP contribution in [-0.2, 0) is 58.8 Å². The lowest BCUT2D eigenvalue weighted by Gasteiger charge is -2.31. The molecule has 394 valence electrons. The van der Waals surface area contributed by atoms with Gasteiger partial charge in [0.05, 0.1) is 62.2 Å². The summed E-state index contributed by atoms with van der Waals surface area (Å²) in [5.41, 5.74) is 3.89. The van der Waals surface area contributed by atoms with Gasteiger partial charge in [-0.3, -0.25) is 29.4 Å². The molecule has 24 heteroatoms. The molecule has 0 spiro atoms. The number of benzene rings is 2. The fraction of sp³-hybridized carbons (Fsp3) is 0.489. The number of aromatic nitrogens is 2. The number of amides is 3. The summed E-state index contributed by atoms with van der Waals surface area (Å²) in [6.45, 7) is 19.0. The summed E-state index contributed by atoms with van der Waals surface area (Å²) < 4.78 is 41.4. The second kappa shape index (κ2) is 32.0. The van der Waals surface area contributed by atoms with E-state index in [1.807, 2.05) is 35.9 Å². The Kier molecular flexibility index (Phi) is 29.2. The largest absolute Gasteiger partial charge is 0.778 e. The van der Waals surface area contributed by atoms with Gasteiger partial charge in [0.1, 0.15) is 30.7 Å². The highest BCUT2D eigenvalue weighted by Gasteiger charge is 2.31. The number of para-hydroxylation sites is 1. The van der Waals surface area contributed by atoms with Crippen molar-refractivity contribution in [3.63, 3.8) is 0 Å².